The molecule has 1 N–H and O–H groups in total. The number of aliphatic hydroxyl groups excluding tert-OH is 1. The molecule has 0 amide bonds. The van der Waals surface area contributed by atoms with Crippen LogP contribution in [0.4, 0.5) is 0 Å². The fraction of sp³-hybridized carbons (Fsp3) is 0.400. The lowest BCUT2D eigenvalue weighted by Crippen LogP contribution is -2.21. The molecule has 1 heterocycles. The van der Waals surface area contributed by atoms with Gasteiger partial charge in [0, 0.05) is 11.0 Å². The standard InChI is InChI=1S/C15H19BrClN3O/c1-10-8-11(16)4-5-12(10)15(21)14-13(17)9-18-20(14)7-6-19(2)3/h4-5,8-9,15,21H,6-7H2,1-3H3. The lowest BCUT2D eigenvalue weighted by molar-refractivity contribution is 0.205. The van der Waals surface area contributed by atoms with Crippen LogP contribution in [-0.4, -0.2) is 40.4 Å². The van der Waals surface area contributed by atoms with Crippen LogP contribution in [0.3, 0.4) is 0 Å². The zero-order valence-corrected chi connectivity index (χ0v) is 14.7. The molecule has 0 saturated carbocycles. The SMILES string of the molecule is Cc1cc(Br)ccc1C(O)c1c(Cl)cnn1CCN(C)C. The van der Waals surface area contributed by atoms with E-state index >= 15 is 0 Å². The monoisotopic (exact) mass is 371 g/mol. The molecule has 4 nitrogen and oxygen atoms in total. The van der Waals surface area contributed by atoms with Gasteiger partial charge in [0.2, 0.25) is 0 Å². The third-order valence-corrected chi connectivity index (χ3v) is 4.16. The molecule has 0 aliphatic rings. The highest BCUT2D eigenvalue weighted by molar-refractivity contribution is 9.10. The topological polar surface area (TPSA) is 41.3 Å². The van der Waals surface area contributed by atoms with Crippen LogP contribution in [0.25, 0.3) is 0 Å². The third kappa shape index (κ3) is 3.86. The molecule has 6 heteroatoms. The Bertz CT molecular complexity index is 627. The van der Waals surface area contributed by atoms with E-state index in [0.717, 1.165) is 22.1 Å². The first-order chi connectivity index (χ1) is 9.90. The van der Waals surface area contributed by atoms with Gasteiger partial charge in [0.15, 0.2) is 0 Å². The number of benzene rings is 1. The first-order valence-electron chi connectivity index (χ1n) is 6.70. The molecule has 1 aromatic carbocycles. The zero-order chi connectivity index (χ0) is 15.6. The quantitative estimate of drug-likeness (QED) is 0.876. The van der Waals surface area contributed by atoms with E-state index in [1.807, 2.05) is 39.2 Å². The molecule has 0 saturated heterocycles. The highest BCUT2D eigenvalue weighted by Crippen LogP contribution is 2.31. The van der Waals surface area contributed by atoms with Gasteiger partial charge < -0.3 is 10.0 Å². The number of aliphatic hydroxyl groups is 1. The molecule has 2 aromatic rings. The molecule has 1 unspecified atom stereocenters. The van der Waals surface area contributed by atoms with Crippen LogP contribution in [0.15, 0.2) is 28.9 Å². The molecule has 1 atom stereocenters. The second-order valence-corrected chi connectivity index (χ2v) is 6.63. The highest BCUT2D eigenvalue weighted by atomic mass is 79.9. The summed E-state index contributed by atoms with van der Waals surface area (Å²) >= 11 is 9.66. The van der Waals surface area contributed by atoms with Gasteiger partial charge in [0.05, 0.1) is 23.5 Å². The summed E-state index contributed by atoms with van der Waals surface area (Å²) in [6, 6.07) is 5.80. The maximum Gasteiger partial charge on any atom is 0.122 e. The van der Waals surface area contributed by atoms with Crippen LogP contribution < -0.4 is 0 Å². The fourth-order valence-corrected chi connectivity index (χ4v) is 2.93. The lowest BCUT2D eigenvalue weighted by Gasteiger charge is -2.18. The van der Waals surface area contributed by atoms with Gasteiger partial charge in [0.1, 0.15) is 6.10 Å². The van der Waals surface area contributed by atoms with E-state index in [2.05, 4.69) is 25.9 Å². The normalized spacial score (nSPS) is 12.9. The zero-order valence-electron chi connectivity index (χ0n) is 12.3. The summed E-state index contributed by atoms with van der Waals surface area (Å²) in [7, 11) is 4.00. The number of rotatable bonds is 5. The fourth-order valence-electron chi connectivity index (χ4n) is 2.21. The van der Waals surface area contributed by atoms with Gasteiger partial charge in [0.25, 0.3) is 0 Å². The van der Waals surface area contributed by atoms with Crippen molar-refractivity contribution in [1.29, 1.82) is 0 Å². The predicted octanol–water partition coefficient (Wildman–Crippen LogP) is 3.25. The Kier molecular flexibility index (Phi) is 5.43. The van der Waals surface area contributed by atoms with E-state index in [0.29, 0.717) is 17.3 Å². The van der Waals surface area contributed by atoms with Crippen LogP contribution in [0.5, 0.6) is 0 Å². The summed E-state index contributed by atoms with van der Waals surface area (Å²) in [6.07, 6.45) is 0.805. The molecule has 1 aromatic heterocycles. The maximum atomic E-state index is 10.7. The Balaban J connectivity index is 2.34. The first-order valence-corrected chi connectivity index (χ1v) is 7.87. The summed E-state index contributed by atoms with van der Waals surface area (Å²) < 4.78 is 2.76. The minimum atomic E-state index is -0.782. The summed E-state index contributed by atoms with van der Waals surface area (Å²) in [5.41, 5.74) is 2.49. The van der Waals surface area contributed by atoms with Crippen LogP contribution in [-0.2, 0) is 6.54 Å². The van der Waals surface area contributed by atoms with Crippen molar-refractivity contribution in [3.05, 3.63) is 50.7 Å². The Morgan fingerprint density at radius 2 is 2.14 bits per heavy atom. The van der Waals surface area contributed by atoms with E-state index in [1.54, 1.807) is 10.9 Å². The molecule has 0 radical (unpaired) electrons. The van der Waals surface area contributed by atoms with Gasteiger partial charge in [-0.15, -0.1) is 0 Å². The lowest BCUT2D eigenvalue weighted by atomic mass is 10.0. The van der Waals surface area contributed by atoms with Gasteiger partial charge in [-0.1, -0.05) is 33.6 Å². The molecule has 0 spiro atoms. The summed E-state index contributed by atoms with van der Waals surface area (Å²) in [6.45, 7) is 3.48. The average molecular weight is 373 g/mol. The number of hydrogen-bond donors (Lipinski definition) is 1. The molecular formula is C15H19BrClN3O. The van der Waals surface area contributed by atoms with Crippen molar-refractivity contribution >= 4 is 27.5 Å². The van der Waals surface area contributed by atoms with E-state index in [4.69, 9.17) is 11.6 Å². The smallest absolute Gasteiger partial charge is 0.122 e. The van der Waals surface area contributed by atoms with Crippen molar-refractivity contribution in [2.75, 3.05) is 20.6 Å². The van der Waals surface area contributed by atoms with Gasteiger partial charge >= 0.3 is 0 Å². The molecule has 0 fully saturated rings. The minimum Gasteiger partial charge on any atom is -0.382 e. The number of halogens is 2. The average Bonchev–Trinajstić information content (AvgIpc) is 2.77. The van der Waals surface area contributed by atoms with Gasteiger partial charge in [-0.25, -0.2) is 0 Å². The van der Waals surface area contributed by atoms with Gasteiger partial charge in [-0.2, -0.15) is 5.10 Å². The molecule has 21 heavy (non-hydrogen) atoms. The Hall–Kier alpha value is -0.880. The van der Waals surface area contributed by atoms with E-state index < -0.39 is 6.10 Å². The minimum absolute atomic E-state index is 0.489. The largest absolute Gasteiger partial charge is 0.382 e. The number of aryl methyl sites for hydroxylation is 1. The summed E-state index contributed by atoms with van der Waals surface area (Å²) in [4.78, 5) is 2.07. The summed E-state index contributed by atoms with van der Waals surface area (Å²) in [5.74, 6) is 0. The van der Waals surface area contributed by atoms with Gasteiger partial charge in [-0.05, 0) is 44.3 Å². The Morgan fingerprint density at radius 1 is 1.43 bits per heavy atom. The Morgan fingerprint density at radius 3 is 2.76 bits per heavy atom. The predicted molar refractivity (Wildman–Crippen MR) is 88.7 cm³/mol. The van der Waals surface area contributed by atoms with Crippen LogP contribution >= 0.6 is 27.5 Å². The molecule has 0 aliphatic carbocycles. The second kappa shape index (κ2) is 6.92. The number of aromatic nitrogens is 2. The van der Waals surface area contributed by atoms with Gasteiger partial charge in [-0.3, -0.25) is 4.68 Å². The van der Waals surface area contributed by atoms with Crippen LogP contribution in [0.2, 0.25) is 5.02 Å². The van der Waals surface area contributed by atoms with Crippen molar-refractivity contribution < 1.29 is 5.11 Å². The van der Waals surface area contributed by atoms with Crippen molar-refractivity contribution in [2.24, 2.45) is 0 Å². The Labute approximate surface area is 138 Å². The second-order valence-electron chi connectivity index (χ2n) is 5.31. The number of likely N-dealkylation sites (N-methyl/N-ethyl adjacent to an activating group) is 1. The summed E-state index contributed by atoms with van der Waals surface area (Å²) in [5, 5.41) is 15.5. The van der Waals surface area contributed by atoms with Crippen molar-refractivity contribution in [2.45, 2.75) is 19.6 Å². The van der Waals surface area contributed by atoms with Crippen molar-refractivity contribution in [3.63, 3.8) is 0 Å². The molecule has 0 aliphatic heterocycles. The van der Waals surface area contributed by atoms with Crippen molar-refractivity contribution in [1.82, 2.24) is 14.7 Å². The van der Waals surface area contributed by atoms with Crippen LogP contribution in [0.1, 0.15) is 22.9 Å². The van der Waals surface area contributed by atoms with E-state index in [-0.39, 0.29) is 0 Å². The number of hydrogen-bond acceptors (Lipinski definition) is 3. The molecular weight excluding hydrogens is 354 g/mol. The maximum absolute atomic E-state index is 10.7. The van der Waals surface area contributed by atoms with E-state index in [1.165, 1.54) is 0 Å². The molecule has 114 valence electrons. The third-order valence-electron chi connectivity index (χ3n) is 3.38. The van der Waals surface area contributed by atoms with E-state index in [9.17, 15) is 5.11 Å². The van der Waals surface area contributed by atoms with Crippen LogP contribution in [0, 0.1) is 6.92 Å². The first kappa shape index (κ1) is 16.5. The molecule has 0 bridgehead atoms. The molecule has 2 rings (SSSR count). The van der Waals surface area contributed by atoms with Crippen molar-refractivity contribution in [3.8, 4) is 0 Å². The number of nitrogens with zero attached hydrogens (tertiary/aromatic N) is 3. The highest BCUT2D eigenvalue weighted by Gasteiger charge is 2.21.